The van der Waals surface area contributed by atoms with Gasteiger partial charge in [-0.25, -0.2) is 4.79 Å². The molecule has 2 N–H and O–H groups in total. The third-order valence-corrected chi connectivity index (χ3v) is 6.52. The van der Waals surface area contributed by atoms with Gasteiger partial charge in [0, 0.05) is 19.4 Å². The molecule has 0 aliphatic carbocycles. The Bertz CT molecular complexity index is 1140. The first-order valence-corrected chi connectivity index (χ1v) is 12.2. The van der Waals surface area contributed by atoms with Crippen LogP contribution in [0.1, 0.15) is 24.5 Å². The van der Waals surface area contributed by atoms with Crippen LogP contribution in [0.5, 0.6) is 11.5 Å². The molecule has 2 aromatic carbocycles. The maximum Gasteiger partial charge on any atom is 0.326 e. The van der Waals surface area contributed by atoms with E-state index in [4.69, 9.17) is 21.7 Å². The highest BCUT2D eigenvalue weighted by molar-refractivity contribution is 8.26. The van der Waals surface area contributed by atoms with Crippen LogP contribution in [-0.4, -0.2) is 58.4 Å². The molecule has 1 aliphatic rings. The fraction of sp³-hybridized carbons (Fsp3) is 0.280. The van der Waals surface area contributed by atoms with Crippen molar-refractivity contribution < 1.29 is 29.0 Å². The molecule has 35 heavy (non-hydrogen) atoms. The van der Waals surface area contributed by atoms with E-state index in [0.29, 0.717) is 27.3 Å². The average molecular weight is 515 g/mol. The van der Waals surface area contributed by atoms with Gasteiger partial charge in [0.1, 0.15) is 10.4 Å². The van der Waals surface area contributed by atoms with Crippen molar-refractivity contribution in [2.45, 2.75) is 25.8 Å². The molecule has 0 aromatic heterocycles. The average Bonchev–Trinajstić information content (AvgIpc) is 3.10. The van der Waals surface area contributed by atoms with Crippen LogP contribution in [0.25, 0.3) is 6.08 Å². The predicted octanol–water partition coefficient (Wildman–Crippen LogP) is 3.50. The monoisotopic (exact) mass is 514 g/mol. The Hall–Kier alpha value is -3.37. The van der Waals surface area contributed by atoms with Gasteiger partial charge in [-0.05, 0) is 36.3 Å². The number of carbonyl (C=O) groups is 3. The van der Waals surface area contributed by atoms with Crippen molar-refractivity contribution in [1.29, 1.82) is 0 Å². The first-order valence-electron chi connectivity index (χ1n) is 10.9. The number of carboxylic acid groups (broad SMARTS) is 1. The van der Waals surface area contributed by atoms with Crippen LogP contribution < -0.4 is 14.8 Å². The van der Waals surface area contributed by atoms with Crippen LogP contribution >= 0.6 is 24.0 Å². The van der Waals surface area contributed by atoms with Gasteiger partial charge in [0.05, 0.1) is 18.6 Å². The van der Waals surface area contributed by atoms with Crippen LogP contribution in [-0.2, 0) is 20.8 Å². The fourth-order valence-electron chi connectivity index (χ4n) is 3.42. The lowest BCUT2D eigenvalue weighted by Crippen LogP contribution is -2.43. The van der Waals surface area contributed by atoms with Crippen LogP contribution in [0.3, 0.4) is 0 Å². The summed E-state index contributed by atoms with van der Waals surface area (Å²) in [5.41, 5.74) is 1.54. The van der Waals surface area contributed by atoms with Crippen LogP contribution in [0.2, 0.25) is 0 Å². The number of aliphatic carboxylic acids is 1. The summed E-state index contributed by atoms with van der Waals surface area (Å²) < 4.78 is 11.2. The fourth-order valence-corrected chi connectivity index (χ4v) is 4.73. The summed E-state index contributed by atoms with van der Waals surface area (Å²) in [5.74, 6) is -0.738. The van der Waals surface area contributed by atoms with E-state index in [9.17, 15) is 19.5 Å². The summed E-state index contributed by atoms with van der Waals surface area (Å²) in [4.78, 5) is 38.7. The van der Waals surface area contributed by atoms with E-state index in [0.717, 1.165) is 22.9 Å². The minimum Gasteiger partial charge on any atom is -0.493 e. The second-order valence-electron chi connectivity index (χ2n) is 7.57. The molecule has 3 rings (SSSR count). The van der Waals surface area contributed by atoms with E-state index in [1.165, 1.54) is 4.90 Å². The lowest BCUT2D eigenvalue weighted by molar-refractivity contribution is -0.141. The number of amides is 2. The minimum atomic E-state index is -1.12. The SMILES string of the molecule is CCOc1ccc(/C=C2/SC(=S)N(CCC(=O)N[C@@H](Cc3ccccc3)C(=O)O)C2=O)cc1OC. The molecule has 1 saturated heterocycles. The Morgan fingerprint density at radius 2 is 1.94 bits per heavy atom. The zero-order valence-corrected chi connectivity index (χ0v) is 21.0. The number of methoxy groups -OCH3 is 1. The zero-order chi connectivity index (χ0) is 25.4. The quantitative estimate of drug-likeness (QED) is 0.347. The summed E-state index contributed by atoms with van der Waals surface area (Å²) in [6.07, 6.45) is 1.80. The molecule has 0 radical (unpaired) electrons. The third-order valence-electron chi connectivity index (χ3n) is 5.14. The third kappa shape index (κ3) is 7.06. The molecular weight excluding hydrogens is 488 g/mol. The number of thiocarbonyl (C=S) groups is 1. The Labute approximate surface area is 213 Å². The van der Waals surface area contributed by atoms with Crippen LogP contribution in [0, 0.1) is 0 Å². The van der Waals surface area contributed by atoms with Gasteiger partial charge in [0.2, 0.25) is 5.91 Å². The standard InChI is InChI=1S/C25H26N2O6S2/c1-3-33-19-10-9-17(14-20(19)32-2)15-21-23(29)27(25(34)35-21)12-11-22(28)26-18(24(30)31)13-16-7-5-4-6-8-16/h4-10,14-15,18H,3,11-13H2,1-2H3,(H,26,28)(H,30,31)/b21-15+/t18-/m0/s1. The molecule has 10 heteroatoms. The second-order valence-corrected chi connectivity index (χ2v) is 9.25. The molecular formula is C25H26N2O6S2. The molecule has 0 unspecified atom stereocenters. The molecule has 1 heterocycles. The number of hydrogen-bond acceptors (Lipinski definition) is 7. The van der Waals surface area contributed by atoms with E-state index < -0.39 is 17.9 Å². The number of nitrogens with zero attached hydrogens (tertiary/aromatic N) is 1. The molecule has 0 saturated carbocycles. The lowest BCUT2D eigenvalue weighted by atomic mass is 10.1. The Morgan fingerprint density at radius 3 is 2.60 bits per heavy atom. The molecule has 2 amide bonds. The largest absolute Gasteiger partial charge is 0.493 e. The molecule has 2 aromatic rings. The van der Waals surface area contributed by atoms with Crippen molar-refractivity contribution in [2.24, 2.45) is 0 Å². The topological polar surface area (TPSA) is 105 Å². The number of carboxylic acids is 1. The minimum absolute atomic E-state index is 0.0537. The number of carbonyl (C=O) groups excluding carboxylic acids is 2. The Balaban J connectivity index is 1.61. The van der Waals surface area contributed by atoms with E-state index >= 15 is 0 Å². The number of ether oxygens (including phenoxy) is 2. The summed E-state index contributed by atoms with van der Waals surface area (Å²) in [6.45, 7) is 2.43. The second kappa shape index (κ2) is 12.4. The first-order chi connectivity index (χ1) is 16.8. The number of benzene rings is 2. The maximum absolute atomic E-state index is 12.9. The molecule has 184 valence electrons. The highest BCUT2D eigenvalue weighted by atomic mass is 32.2. The molecule has 0 bridgehead atoms. The Kier molecular flexibility index (Phi) is 9.27. The van der Waals surface area contributed by atoms with Crippen LogP contribution in [0.4, 0.5) is 0 Å². The van der Waals surface area contributed by atoms with Gasteiger partial charge in [0.25, 0.3) is 5.91 Å². The van der Waals surface area contributed by atoms with E-state index in [1.807, 2.05) is 31.2 Å². The number of thioether (sulfide) groups is 1. The van der Waals surface area contributed by atoms with Crippen molar-refractivity contribution in [2.75, 3.05) is 20.3 Å². The van der Waals surface area contributed by atoms with Gasteiger partial charge in [-0.3, -0.25) is 14.5 Å². The molecule has 1 atom stereocenters. The van der Waals surface area contributed by atoms with E-state index in [2.05, 4.69) is 5.32 Å². The van der Waals surface area contributed by atoms with Gasteiger partial charge >= 0.3 is 5.97 Å². The molecule has 1 aliphatic heterocycles. The normalized spacial score (nSPS) is 15.3. The van der Waals surface area contributed by atoms with Gasteiger partial charge in [0.15, 0.2) is 11.5 Å². The maximum atomic E-state index is 12.9. The van der Waals surface area contributed by atoms with Gasteiger partial charge in [-0.1, -0.05) is 60.4 Å². The summed E-state index contributed by atoms with van der Waals surface area (Å²) in [7, 11) is 1.54. The van der Waals surface area contributed by atoms with E-state index in [-0.39, 0.29) is 25.3 Å². The van der Waals surface area contributed by atoms with Crippen molar-refractivity contribution in [3.63, 3.8) is 0 Å². The Morgan fingerprint density at radius 1 is 1.20 bits per heavy atom. The van der Waals surface area contributed by atoms with Gasteiger partial charge in [-0.15, -0.1) is 0 Å². The number of rotatable bonds is 11. The highest BCUT2D eigenvalue weighted by Crippen LogP contribution is 2.34. The molecule has 0 spiro atoms. The van der Waals surface area contributed by atoms with E-state index in [1.54, 1.807) is 37.5 Å². The van der Waals surface area contributed by atoms with Crippen molar-refractivity contribution >= 4 is 52.2 Å². The lowest BCUT2D eigenvalue weighted by Gasteiger charge is -2.17. The zero-order valence-electron chi connectivity index (χ0n) is 19.4. The van der Waals surface area contributed by atoms with Gasteiger partial charge < -0.3 is 19.9 Å². The summed E-state index contributed by atoms with van der Waals surface area (Å²) in [6, 6.07) is 13.3. The predicted molar refractivity (Wildman–Crippen MR) is 138 cm³/mol. The van der Waals surface area contributed by atoms with Crippen molar-refractivity contribution in [3.05, 3.63) is 64.6 Å². The van der Waals surface area contributed by atoms with Crippen LogP contribution in [0.15, 0.2) is 53.4 Å². The van der Waals surface area contributed by atoms with Crippen molar-refractivity contribution in [1.82, 2.24) is 10.2 Å². The molecule has 1 fully saturated rings. The number of nitrogens with one attached hydrogen (secondary N) is 1. The first kappa shape index (κ1) is 26.2. The summed E-state index contributed by atoms with van der Waals surface area (Å²) >= 11 is 6.49. The highest BCUT2D eigenvalue weighted by Gasteiger charge is 2.32. The van der Waals surface area contributed by atoms with Gasteiger partial charge in [-0.2, -0.15) is 0 Å². The molecule has 8 nitrogen and oxygen atoms in total. The van der Waals surface area contributed by atoms with Crippen molar-refractivity contribution in [3.8, 4) is 11.5 Å². The smallest absolute Gasteiger partial charge is 0.326 e. The summed E-state index contributed by atoms with van der Waals surface area (Å²) in [5, 5.41) is 12.0. The number of hydrogen-bond donors (Lipinski definition) is 2.